The summed E-state index contributed by atoms with van der Waals surface area (Å²) in [5, 5.41) is 6.27. The molecule has 0 radical (unpaired) electrons. The van der Waals surface area contributed by atoms with Gasteiger partial charge in [0.2, 0.25) is 0 Å². The molecular formula is C15H17F2N5O2. The number of ether oxygens (including phenoxy) is 1. The number of hydrogen-bond acceptors (Lipinski definition) is 5. The van der Waals surface area contributed by atoms with Crippen molar-refractivity contribution in [2.75, 3.05) is 11.9 Å². The van der Waals surface area contributed by atoms with Gasteiger partial charge in [-0.1, -0.05) is 5.16 Å². The summed E-state index contributed by atoms with van der Waals surface area (Å²) in [5.41, 5.74) is 5.64. The first-order valence-electron chi connectivity index (χ1n) is 7.49. The number of benzene rings is 1. The van der Waals surface area contributed by atoms with Gasteiger partial charge < -0.3 is 20.3 Å². The minimum atomic E-state index is -0.613. The van der Waals surface area contributed by atoms with Crippen molar-refractivity contribution in [2.24, 2.45) is 10.7 Å². The molecule has 1 fully saturated rings. The summed E-state index contributed by atoms with van der Waals surface area (Å²) in [6, 6.07) is 3.05. The molecule has 1 aromatic heterocycles. The van der Waals surface area contributed by atoms with Gasteiger partial charge in [0.15, 0.2) is 11.8 Å². The van der Waals surface area contributed by atoms with E-state index in [0.717, 1.165) is 31.0 Å². The van der Waals surface area contributed by atoms with Crippen molar-refractivity contribution in [3.8, 4) is 0 Å². The summed E-state index contributed by atoms with van der Waals surface area (Å²) in [6.45, 7) is 2.03. The highest BCUT2D eigenvalue weighted by Crippen LogP contribution is 2.31. The lowest BCUT2D eigenvalue weighted by Gasteiger charge is -2.10. The minimum Gasteiger partial charge on any atom is -0.370 e. The molecule has 0 spiro atoms. The maximum absolute atomic E-state index is 13.5. The van der Waals surface area contributed by atoms with Gasteiger partial charge >= 0.3 is 0 Å². The Balaban J connectivity index is 1.55. The van der Waals surface area contributed by atoms with Crippen molar-refractivity contribution >= 4 is 11.6 Å². The molecule has 1 aromatic carbocycles. The van der Waals surface area contributed by atoms with Gasteiger partial charge in [-0.2, -0.15) is 4.98 Å². The fourth-order valence-corrected chi connectivity index (χ4v) is 2.44. The third-order valence-electron chi connectivity index (χ3n) is 3.58. The van der Waals surface area contributed by atoms with Crippen LogP contribution in [0.25, 0.3) is 0 Å². The van der Waals surface area contributed by atoms with Gasteiger partial charge in [-0.25, -0.2) is 8.78 Å². The molecule has 3 rings (SSSR count). The van der Waals surface area contributed by atoms with Crippen molar-refractivity contribution in [1.82, 2.24) is 10.1 Å². The number of nitrogens with two attached hydrogens (primary N) is 1. The Morgan fingerprint density at radius 1 is 1.42 bits per heavy atom. The van der Waals surface area contributed by atoms with E-state index in [-0.39, 0.29) is 23.9 Å². The highest BCUT2D eigenvalue weighted by Gasteiger charge is 2.30. The Hall–Kier alpha value is -2.55. The second-order valence-corrected chi connectivity index (χ2v) is 5.48. The van der Waals surface area contributed by atoms with Crippen LogP contribution in [0.4, 0.5) is 14.5 Å². The zero-order valence-corrected chi connectivity index (χ0v) is 13.0. The Kier molecular flexibility index (Phi) is 4.70. The number of rotatable bonds is 4. The quantitative estimate of drug-likeness (QED) is 0.656. The molecule has 128 valence electrons. The third kappa shape index (κ3) is 3.85. The number of hydrogen-bond donors (Lipinski definition) is 2. The highest BCUT2D eigenvalue weighted by molar-refractivity contribution is 5.92. The van der Waals surface area contributed by atoms with Gasteiger partial charge in [0.05, 0.1) is 18.3 Å². The lowest BCUT2D eigenvalue weighted by atomic mass is 10.2. The summed E-state index contributed by atoms with van der Waals surface area (Å²) in [5.74, 6) is -0.185. The van der Waals surface area contributed by atoms with Gasteiger partial charge in [-0.15, -0.1) is 0 Å². The van der Waals surface area contributed by atoms with Crippen LogP contribution >= 0.6 is 0 Å². The normalized spacial score (nSPS) is 21.2. The second kappa shape index (κ2) is 6.91. The number of anilines is 1. The van der Waals surface area contributed by atoms with E-state index in [1.54, 1.807) is 6.92 Å². The van der Waals surface area contributed by atoms with Crippen LogP contribution < -0.4 is 11.1 Å². The topological polar surface area (TPSA) is 98.6 Å². The van der Waals surface area contributed by atoms with E-state index in [9.17, 15) is 8.78 Å². The second-order valence-electron chi connectivity index (χ2n) is 5.48. The minimum absolute atomic E-state index is 0.0137. The Labute approximate surface area is 136 Å². The standard InChI is InChI=1S/C15H17F2N5O2/c1-8-20-14(24-22-8)13-5-3-10(23-13)7-19-15(18)21-12-6-9(16)2-4-11(12)17/h2,4,6,10,13H,3,5,7H2,1H3,(H3,18,19,21)/t10-,13+/m1/s1. The summed E-state index contributed by atoms with van der Waals surface area (Å²) in [4.78, 5) is 8.25. The van der Waals surface area contributed by atoms with Gasteiger partial charge in [0.1, 0.15) is 17.7 Å². The van der Waals surface area contributed by atoms with Crippen molar-refractivity contribution in [1.29, 1.82) is 0 Å². The first-order valence-corrected chi connectivity index (χ1v) is 7.49. The summed E-state index contributed by atoms with van der Waals surface area (Å²) >= 11 is 0. The monoisotopic (exact) mass is 337 g/mol. The van der Waals surface area contributed by atoms with Crippen molar-refractivity contribution in [3.05, 3.63) is 41.5 Å². The van der Waals surface area contributed by atoms with Gasteiger partial charge in [-0.05, 0) is 31.9 Å². The van der Waals surface area contributed by atoms with Crippen LogP contribution in [0.3, 0.4) is 0 Å². The Morgan fingerprint density at radius 3 is 3.00 bits per heavy atom. The van der Waals surface area contributed by atoms with Crippen molar-refractivity contribution in [2.45, 2.75) is 32.0 Å². The molecule has 9 heteroatoms. The largest absolute Gasteiger partial charge is 0.370 e. The third-order valence-corrected chi connectivity index (χ3v) is 3.58. The molecule has 24 heavy (non-hydrogen) atoms. The molecule has 0 unspecified atom stereocenters. The van der Waals surface area contributed by atoms with Crippen LogP contribution in [0.5, 0.6) is 0 Å². The highest BCUT2D eigenvalue weighted by atomic mass is 19.1. The van der Waals surface area contributed by atoms with E-state index in [1.807, 2.05) is 0 Å². The number of guanidine groups is 1. The number of aromatic nitrogens is 2. The smallest absolute Gasteiger partial charge is 0.255 e. The lowest BCUT2D eigenvalue weighted by molar-refractivity contribution is 0.0309. The van der Waals surface area contributed by atoms with Crippen LogP contribution in [-0.4, -0.2) is 28.7 Å². The van der Waals surface area contributed by atoms with Crippen molar-refractivity contribution < 1.29 is 18.0 Å². The fourth-order valence-electron chi connectivity index (χ4n) is 2.44. The summed E-state index contributed by atoms with van der Waals surface area (Å²) < 4.78 is 37.5. The molecule has 1 aliphatic rings. The van der Waals surface area contributed by atoms with E-state index >= 15 is 0 Å². The zero-order valence-electron chi connectivity index (χ0n) is 13.0. The van der Waals surface area contributed by atoms with E-state index in [4.69, 9.17) is 15.0 Å². The molecular weight excluding hydrogens is 320 g/mol. The average molecular weight is 337 g/mol. The fraction of sp³-hybridized carbons (Fsp3) is 0.400. The number of nitrogens with one attached hydrogen (secondary N) is 1. The molecule has 2 aromatic rings. The number of aryl methyl sites for hydroxylation is 1. The Morgan fingerprint density at radius 2 is 2.25 bits per heavy atom. The molecule has 2 atom stereocenters. The first kappa shape index (κ1) is 16.3. The van der Waals surface area contributed by atoms with E-state index in [0.29, 0.717) is 18.3 Å². The van der Waals surface area contributed by atoms with Crippen molar-refractivity contribution in [3.63, 3.8) is 0 Å². The molecule has 0 saturated carbocycles. The van der Waals surface area contributed by atoms with Gasteiger partial charge in [0, 0.05) is 6.07 Å². The maximum atomic E-state index is 13.5. The molecule has 7 nitrogen and oxygen atoms in total. The number of aliphatic imine (C=N–C) groups is 1. The predicted molar refractivity (Wildman–Crippen MR) is 82.4 cm³/mol. The van der Waals surface area contributed by atoms with Gasteiger partial charge in [-0.3, -0.25) is 4.99 Å². The van der Waals surface area contributed by atoms with Crippen LogP contribution in [0, 0.1) is 18.6 Å². The first-order chi connectivity index (χ1) is 11.5. The molecule has 1 aliphatic heterocycles. The summed E-state index contributed by atoms with van der Waals surface area (Å²) in [7, 11) is 0. The lowest BCUT2D eigenvalue weighted by Crippen LogP contribution is -2.25. The van der Waals surface area contributed by atoms with E-state index < -0.39 is 11.6 Å². The number of nitrogens with zero attached hydrogens (tertiary/aromatic N) is 3. The van der Waals surface area contributed by atoms with Crippen LogP contribution in [0.2, 0.25) is 0 Å². The number of halogens is 2. The summed E-state index contributed by atoms with van der Waals surface area (Å²) in [6.07, 6.45) is 1.10. The van der Waals surface area contributed by atoms with E-state index in [1.165, 1.54) is 0 Å². The molecule has 0 bridgehead atoms. The molecule has 1 saturated heterocycles. The molecule has 3 N–H and O–H groups in total. The van der Waals surface area contributed by atoms with Crippen LogP contribution in [0.15, 0.2) is 27.7 Å². The van der Waals surface area contributed by atoms with Gasteiger partial charge in [0.25, 0.3) is 5.89 Å². The van der Waals surface area contributed by atoms with Crippen LogP contribution in [-0.2, 0) is 4.74 Å². The Bertz CT molecular complexity index is 749. The van der Waals surface area contributed by atoms with E-state index in [2.05, 4.69) is 20.4 Å². The predicted octanol–water partition coefficient (Wildman–Crippen LogP) is 2.30. The SMILES string of the molecule is Cc1noc([C@@H]2CC[C@H](CN=C(N)Nc3cc(F)ccc3F)O2)n1. The molecule has 2 heterocycles. The maximum Gasteiger partial charge on any atom is 0.255 e. The zero-order chi connectivity index (χ0) is 17.1. The van der Waals surface area contributed by atoms with Crippen LogP contribution in [0.1, 0.15) is 30.7 Å². The average Bonchev–Trinajstić information content (AvgIpc) is 3.17. The molecule has 0 aliphatic carbocycles. The molecule has 0 amide bonds.